The third-order valence-corrected chi connectivity index (χ3v) is 7.22. The van der Waals surface area contributed by atoms with Gasteiger partial charge in [-0.2, -0.15) is 4.72 Å². The normalized spacial score (nSPS) is 11.7. The first kappa shape index (κ1) is 29.3. The summed E-state index contributed by atoms with van der Waals surface area (Å²) < 4.78 is 55.0. The van der Waals surface area contributed by atoms with Crippen LogP contribution in [0.25, 0.3) is 0 Å². The Kier molecular flexibility index (Phi) is 9.74. The highest BCUT2D eigenvalue weighted by atomic mass is 32.2. The Balaban J connectivity index is 2.01. The van der Waals surface area contributed by atoms with Gasteiger partial charge in [0, 0.05) is 18.2 Å². The van der Waals surface area contributed by atoms with E-state index < -0.39 is 27.9 Å². The summed E-state index contributed by atoms with van der Waals surface area (Å²) in [5, 5.41) is 2.64. The third kappa shape index (κ3) is 6.98. The van der Waals surface area contributed by atoms with E-state index in [1.807, 2.05) is 0 Å². The van der Waals surface area contributed by atoms with Crippen LogP contribution in [0.1, 0.15) is 15.9 Å². The highest BCUT2D eigenvalue weighted by Crippen LogP contribution is 2.34. The highest BCUT2D eigenvalue weighted by Gasteiger charge is 2.29. The molecule has 0 radical (unpaired) electrons. The minimum Gasteiger partial charge on any atom is -0.493 e. The van der Waals surface area contributed by atoms with E-state index in [1.165, 1.54) is 65.9 Å². The number of esters is 1. The predicted molar refractivity (Wildman–Crippen MR) is 143 cm³/mol. The van der Waals surface area contributed by atoms with E-state index in [9.17, 15) is 18.0 Å². The summed E-state index contributed by atoms with van der Waals surface area (Å²) in [6, 6.07) is 14.4. The number of hydrogen-bond acceptors (Lipinski definition) is 9. The number of hydrogen-bond donors (Lipinski definition) is 2. The maximum absolute atomic E-state index is 13.6. The van der Waals surface area contributed by atoms with Gasteiger partial charge in [-0.25, -0.2) is 13.2 Å². The van der Waals surface area contributed by atoms with Gasteiger partial charge in [-0.1, -0.05) is 30.3 Å². The van der Waals surface area contributed by atoms with Gasteiger partial charge in [-0.05, 0) is 24.1 Å². The van der Waals surface area contributed by atoms with E-state index >= 15 is 0 Å². The van der Waals surface area contributed by atoms with Crippen molar-refractivity contribution in [1.29, 1.82) is 0 Å². The summed E-state index contributed by atoms with van der Waals surface area (Å²) >= 11 is 0. The van der Waals surface area contributed by atoms with Crippen LogP contribution in [-0.2, 0) is 26.0 Å². The predicted octanol–water partition coefficient (Wildman–Crippen LogP) is 3.04. The number of sulfonamides is 1. The lowest BCUT2D eigenvalue weighted by atomic mass is 10.1. The van der Waals surface area contributed by atoms with Crippen LogP contribution in [0.4, 0.5) is 5.69 Å². The number of amides is 1. The summed E-state index contributed by atoms with van der Waals surface area (Å²) in [6.45, 7) is 0. The van der Waals surface area contributed by atoms with Crippen molar-refractivity contribution in [3.05, 3.63) is 71.8 Å². The van der Waals surface area contributed by atoms with Crippen LogP contribution in [0, 0.1) is 0 Å². The summed E-state index contributed by atoms with van der Waals surface area (Å²) in [7, 11) is 2.60. The fraction of sp³-hybridized carbons (Fsp3) is 0.259. The van der Waals surface area contributed by atoms with Crippen molar-refractivity contribution in [2.45, 2.75) is 17.4 Å². The van der Waals surface area contributed by atoms with Crippen LogP contribution in [0.15, 0.2) is 65.6 Å². The molecule has 39 heavy (non-hydrogen) atoms. The minimum absolute atomic E-state index is 0.00953. The van der Waals surface area contributed by atoms with Gasteiger partial charge in [0.25, 0.3) is 0 Å². The zero-order valence-corrected chi connectivity index (χ0v) is 23.0. The zero-order chi connectivity index (χ0) is 28.6. The molecule has 0 saturated carbocycles. The topological polar surface area (TPSA) is 138 Å². The first-order chi connectivity index (χ1) is 18.7. The molecule has 0 saturated heterocycles. The molecule has 2 N–H and O–H groups in total. The molecule has 11 nitrogen and oxygen atoms in total. The number of benzene rings is 3. The molecule has 0 unspecified atom stereocenters. The molecule has 3 aromatic carbocycles. The molecule has 0 bridgehead atoms. The van der Waals surface area contributed by atoms with Crippen LogP contribution in [-0.4, -0.2) is 61.9 Å². The summed E-state index contributed by atoms with van der Waals surface area (Å²) in [5.74, 6) is -0.426. The summed E-state index contributed by atoms with van der Waals surface area (Å²) in [5.41, 5.74) is 0.741. The van der Waals surface area contributed by atoms with Crippen molar-refractivity contribution in [3.8, 4) is 23.0 Å². The van der Waals surface area contributed by atoms with Gasteiger partial charge in [0.1, 0.15) is 6.04 Å². The Labute approximate surface area is 227 Å². The molecule has 1 atom stereocenters. The second-order valence-corrected chi connectivity index (χ2v) is 9.83. The standard InChI is InChI=1S/C27H30N2O9S/c1-34-22-12-11-18(14-23(22)35-2)39(32,33)29-21(13-17-9-7-6-8-10-17)26(30)28-20-16-25(37-4)24(36-3)15-19(20)27(31)38-5/h6-12,14-16,21,29H,13H2,1-5H3,(H,28,30)/t21-/m0/s1. The average molecular weight is 559 g/mol. The van der Waals surface area contributed by atoms with Crippen LogP contribution in [0.3, 0.4) is 0 Å². The van der Waals surface area contributed by atoms with Crippen molar-refractivity contribution < 1.29 is 41.7 Å². The van der Waals surface area contributed by atoms with Crippen molar-refractivity contribution in [2.24, 2.45) is 0 Å². The molecule has 0 heterocycles. The molecular formula is C27H30N2O9S. The molecule has 0 aliphatic rings. The van der Waals surface area contributed by atoms with Crippen LogP contribution < -0.4 is 29.0 Å². The molecule has 0 aliphatic heterocycles. The molecular weight excluding hydrogens is 528 g/mol. The fourth-order valence-corrected chi connectivity index (χ4v) is 4.97. The lowest BCUT2D eigenvalue weighted by molar-refractivity contribution is -0.117. The number of rotatable bonds is 12. The van der Waals surface area contributed by atoms with Gasteiger partial charge >= 0.3 is 5.97 Å². The molecule has 3 rings (SSSR count). The molecule has 0 fully saturated rings. The number of ether oxygens (including phenoxy) is 5. The average Bonchev–Trinajstić information content (AvgIpc) is 2.96. The number of carbonyl (C=O) groups excluding carboxylic acids is 2. The van der Waals surface area contributed by atoms with E-state index in [0.717, 1.165) is 0 Å². The maximum atomic E-state index is 13.6. The van der Waals surface area contributed by atoms with Crippen LogP contribution in [0.2, 0.25) is 0 Å². The first-order valence-electron chi connectivity index (χ1n) is 11.6. The lowest BCUT2D eigenvalue weighted by Crippen LogP contribution is -2.45. The van der Waals surface area contributed by atoms with E-state index in [1.54, 1.807) is 30.3 Å². The second-order valence-electron chi connectivity index (χ2n) is 8.11. The van der Waals surface area contributed by atoms with Crippen molar-refractivity contribution in [2.75, 3.05) is 40.9 Å². The van der Waals surface area contributed by atoms with Crippen LogP contribution in [0.5, 0.6) is 23.0 Å². The largest absolute Gasteiger partial charge is 0.493 e. The van der Waals surface area contributed by atoms with Crippen LogP contribution >= 0.6 is 0 Å². The molecule has 1 amide bonds. The summed E-state index contributed by atoms with van der Waals surface area (Å²) in [6.07, 6.45) is 0.0139. The molecule has 0 aromatic heterocycles. The molecule has 12 heteroatoms. The van der Waals surface area contributed by atoms with E-state index in [-0.39, 0.29) is 39.8 Å². The Morgan fingerprint density at radius 2 is 1.36 bits per heavy atom. The fourth-order valence-electron chi connectivity index (χ4n) is 3.76. The number of nitrogens with one attached hydrogen (secondary N) is 2. The Morgan fingerprint density at radius 1 is 0.769 bits per heavy atom. The van der Waals surface area contributed by atoms with E-state index in [0.29, 0.717) is 11.3 Å². The zero-order valence-electron chi connectivity index (χ0n) is 22.1. The Morgan fingerprint density at radius 3 is 1.95 bits per heavy atom. The summed E-state index contributed by atoms with van der Waals surface area (Å²) in [4.78, 5) is 25.9. The van der Waals surface area contributed by atoms with E-state index in [2.05, 4.69) is 10.0 Å². The van der Waals surface area contributed by atoms with Gasteiger partial charge in [0.05, 0.1) is 51.7 Å². The minimum atomic E-state index is -4.21. The van der Waals surface area contributed by atoms with Crippen molar-refractivity contribution >= 4 is 27.6 Å². The molecule has 0 aliphatic carbocycles. The maximum Gasteiger partial charge on any atom is 0.340 e. The number of methoxy groups -OCH3 is 5. The Bertz CT molecular complexity index is 1430. The van der Waals surface area contributed by atoms with Gasteiger partial charge in [-0.3, -0.25) is 4.79 Å². The van der Waals surface area contributed by atoms with Gasteiger partial charge in [0.2, 0.25) is 15.9 Å². The molecule has 0 spiro atoms. The lowest BCUT2D eigenvalue weighted by Gasteiger charge is -2.21. The quantitative estimate of drug-likeness (QED) is 0.321. The van der Waals surface area contributed by atoms with Gasteiger partial charge in [-0.15, -0.1) is 0 Å². The van der Waals surface area contributed by atoms with Gasteiger partial charge < -0.3 is 29.0 Å². The molecule has 3 aromatic rings. The highest BCUT2D eigenvalue weighted by molar-refractivity contribution is 7.89. The first-order valence-corrected chi connectivity index (χ1v) is 13.1. The number of carbonyl (C=O) groups is 2. The van der Waals surface area contributed by atoms with E-state index in [4.69, 9.17) is 23.7 Å². The monoisotopic (exact) mass is 558 g/mol. The Hall–Kier alpha value is -4.29. The van der Waals surface area contributed by atoms with Gasteiger partial charge in [0.15, 0.2) is 23.0 Å². The molecule has 208 valence electrons. The number of anilines is 1. The SMILES string of the molecule is COC(=O)c1cc(OC)c(OC)cc1NC(=O)[C@H](Cc1ccccc1)NS(=O)(=O)c1ccc(OC)c(OC)c1. The van der Waals surface area contributed by atoms with Crippen molar-refractivity contribution in [1.82, 2.24) is 4.72 Å². The smallest absolute Gasteiger partial charge is 0.340 e. The third-order valence-electron chi connectivity index (χ3n) is 5.75. The van der Waals surface area contributed by atoms with Crippen molar-refractivity contribution in [3.63, 3.8) is 0 Å². The second kappa shape index (κ2) is 13.0.